The molecule has 110 valence electrons. The van der Waals surface area contributed by atoms with Gasteiger partial charge in [0.1, 0.15) is 0 Å². The number of fused-ring (bicyclic) bond motifs is 1. The van der Waals surface area contributed by atoms with E-state index in [0.29, 0.717) is 21.9 Å². The number of anilines is 1. The van der Waals surface area contributed by atoms with Crippen molar-refractivity contribution in [1.82, 2.24) is 9.55 Å². The van der Waals surface area contributed by atoms with E-state index in [9.17, 15) is 13.2 Å². The molecular weight excluding hydrogens is 299 g/mol. The molecule has 3 aromatic rings. The van der Waals surface area contributed by atoms with Crippen LogP contribution in [0.3, 0.4) is 0 Å². The number of halogens is 3. The van der Waals surface area contributed by atoms with E-state index in [2.05, 4.69) is 4.98 Å². The van der Waals surface area contributed by atoms with Crippen molar-refractivity contribution in [2.75, 3.05) is 5.73 Å². The number of alkyl halides is 3. The van der Waals surface area contributed by atoms with E-state index in [4.69, 9.17) is 5.73 Å². The quantitative estimate of drug-likeness (QED) is 0.731. The van der Waals surface area contributed by atoms with Crippen LogP contribution in [0.25, 0.3) is 21.7 Å². The average molecular weight is 311 g/mol. The molecule has 0 amide bonds. The minimum Gasteiger partial charge on any atom is -0.391 e. The van der Waals surface area contributed by atoms with Crippen molar-refractivity contribution in [1.29, 1.82) is 0 Å². The van der Waals surface area contributed by atoms with Crippen LogP contribution in [0.15, 0.2) is 24.3 Å². The summed E-state index contributed by atoms with van der Waals surface area (Å²) in [6, 6.07) is 5.43. The van der Waals surface area contributed by atoms with Crippen molar-refractivity contribution >= 4 is 27.4 Å². The Labute approximate surface area is 122 Å². The van der Waals surface area contributed by atoms with Crippen LogP contribution in [0.1, 0.15) is 11.1 Å². The number of aryl methyl sites for hydroxylation is 2. The van der Waals surface area contributed by atoms with E-state index in [1.807, 2.05) is 13.0 Å². The molecule has 0 aliphatic heterocycles. The zero-order valence-electron chi connectivity index (χ0n) is 11.3. The van der Waals surface area contributed by atoms with Gasteiger partial charge in [-0.3, -0.25) is 0 Å². The van der Waals surface area contributed by atoms with Crippen molar-refractivity contribution in [3.05, 3.63) is 35.4 Å². The molecule has 0 fully saturated rings. The number of imidazole rings is 1. The lowest BCUT2D eigenvalue weighted by Crippen LogP contribution is -2.04. The highest BCUT2D eigenvalue weighted by Crippen LogP contribution is 2.36. The van der Waals surface area contributed by atoms with Crippen LogP contribution in [-0.4, -0.2) is 9.55 Å². The molecule has 3 rings (SSSR count). The van der Waals surface area contributed by atoms with Gasteiger partial charge in [0.25, 0.3) is 0 Å². The monoisotopic (exact) mass is 311 g/mol. The third-order valence-electron chi connectivity index (χ3n) is 3.35. The van der Waals surface area contributed by atoms with E-state index in [1.54, 1.807) is 11.6 Å². The average Bonchev–Trinajstić information content (AvgIpc) is 2.88. The van der Waals surface area contributed by atoms with E-state index in [0.717, 1.165) is 22.6 Å². The summed E-state index contributed by atoms with van der Waals surface area (Å²) in [6.07, 6.45) is -4.37. The predicted octanol–water partition coefficient (Wildman–Crippen LogP) is 4.21. The molecule has 7 heteroatoms. The minimum atomic E-state index is -4.37. The molecular formula is C14H12F3N3S. The summed E-state index contributed by atoms with van der Waals surface area (Å²) in [4.78, 5) is 5.22. The third kappa shape index (κ3) is 2.27. The molecule has 3 nitrogen and oxygen atoms in total. The molecule has 0 radical (unpaired) electrons. The Morgan fingerprint density at radius 2 is 1.95 bits per heavy atom. The second-order valence-corrected chi connectivity index (χ2v) is 5.94. The Morgan fingerprint density at radius 1 is 1.24 bits per heavy atom. The Hall–Kier alpha value is -2.02. The molecule has 1 aromatic carbocycles. The Bertz CT molecular complexity index is 830. The van der Waals surface area contributed by atoms with Gasteiger partial charge in [-0.2, -0.15) is 13.2 Å². The van der Waals surface area contributed by atoms with Crippen LogP contribution in [0.5, 0.6) is 0 Å². The lowest BCUT2D eigenvalue weighted by atomic mass is 10.2. The molecule has 0 aliphatic carbocycles. The number of nitrogens with zero attached hydrogens (tertiary/aromatic N) is 2. The van der Waals surface area contributed by atoms with Gasteiger partial charge in [0.05, 0.1) is 26.5 Å². The summed E-state index contributed by atoms with van der Waals surface area (Å²) in [5, 5.41) is 0.658. The zero-order chi connectivity index (χ0) is 15.4. The maximum absolute atomic E-state index is 12.8. The van der Waals surface area contributed by atoms with Crippen molar-refractivity contribution in [3.63, 3.8) is 0 Å². The van der Waals surface area contributed by atoms with Gasteiger partial charge >= 0.3 is 6.18 Å². The fourth-order valence-corrected chi connectivity index (χ4v) is 3.27. The lowest BCUT2D eigenvalue weighted by molar-refractivity contribution is -0.137. The lowest BCUT2D eigenvalue weighted by Gasteiger charge is -2.05. The number of hydrogen-bond acceptors (Lipinski definition) is 3. The van der Waals surface area contributed by atoms with Crippen LogP contribution in [0, 0.1) is 6.92 Å². The molecule has 0 bridgehead atoms. The number of rotatable bonds is 1. The number of aromatic nitrogens is 2. The van der Waals surface area contributed by atoms with Crippen molar-refractivity contribution in [2.24, 2.45) is 7.05 Å². The number of nitrogens with two attached hydrogens (primary N) is 1. The first-order valence-electron chi connectivity index (χ1n) is 6.17. The molecule has 0 unspecified atom stereocenters. The van der Waals surface area contributed by atoms with Crippen molar-refractivity contribution in [2.45, 2.75) is 13.1 Å². The van der Waals surface area contributed by atoms with Crippen molar-refractivity contribution < 1.29 is 13.2 Å². The zero-order valence-corrected chi connectivity index (χ0v) is 12.1. The number of hydrogen-bond donors (Lipinski definition) is 1. The molecule has 0 aliphatic rings. The molecule has 0 spiro atoms. The Morgan fingerprint density at radius 3 is 2.52 bits per heavy atom. The standard InChI is InChI=1S/C14H12F3N3S/c1-7-5-11(18)21-12(7)13-19-9-6-8(14(15,16)17)3-4-10(9)20(13)2/h3-6H,18H2,1-2H3. The molecule has 0 saturated heterocycles. The fraction of sp³-hybridized carbons (Fsp3) is 0.214. The Kier molecular flexibility index (Phi) is 2.98. The second kappa shape index (κ2) is 4.49. The summed E-state index contributed by atoms with van der Waals surface area (Å²) < 4.78 is 40.1. The SMILES string of the molecule is Cc1cc(N)sc1-c1nc2cc(C(F)(F)F)ccc2n1C. The van der Waals surface area contributed by atoms with Crippen LogP contribution in [-0.2, 0) is 13.2 Å². The first-order valence-corrected chi connectivity index (χ1v) is 6.99. The number of thiophene rings is 1. The van der Waals surface area contributed by atoms with Gasteiger partial charge in [-0.1, -0.05) is 0 Å². The van der Waals surface area contributed by atoms with Gasteiger partial charge in [-0.15, -0.1) is 11.3 Å². The maximum Gasteiger partial charge on any atom is 0.416 e. The van der Waals surface area contributed by atoms with Gasteiger partial charge in [-0.25, -0.2) is 4.98 Å². The molecule has 0 saturated carbocycles. The molecule has 0 atom stereocenters. The Balaban J connectivity index is 2.22. The van der Waals surface area contributed by atoms with Crippen LogP contribution in [0.4, 0.5) is 18.2 Å². The van der Waals surface area contributed by atoms with E-state index >= 15 is 0 Å². The second-order valence-electron chi connectivity index (χ2n) is 4.86. The third-order valence-corrected chi connectivity index (χ3v) is 4.41. The molecule has 21 heavy (non-hydrogen) atoms. The fourth-order valence-electron chi connectivity index (χ4n) is 2.31. The van der Waals surface area contributed by atoms with E-state index in [-0.39, 0.29) is 0 Å². The smallest absolute Gasteiger partial charge is 0.391 e. The normalized spacial score (nSPS) is 12.2. The maximum atomic E-state index is 12.8. The minimum absolute atomic E-state index is 0.327. The van der Waals surface area contributed by atoms with Crippen LogP contribution < -0.4 is 5.73 Å². The summed E-state index contributed by atoms with van der Waals surface area (Å²) >= 11 is 1.38. The van der Waals surface area contributed by atoms with Gasteiger partial charge in [-0.05, 0) is 36.8 Å². The molecule has 2 heterocycles. The highest BCUT2D eigenvalue weighted by Gasteiger charge is 2.31. The largest absolute Gasteiger partial charge is 0.416 e. The molecule has 2 aromatic heterocycles. The highest BCUT2D eigenvalue weighted by molar-refractivity contribution is 7.19. The topological polar surface area (TPSA) is 43.8 Å². The van der Waals surface area contributed by atoms with Gasteiger partial charge in [0.2, 0.25) is 0 Å². The van der Waals surface area contributed by atoms with Gasteiger partial charge < -0.3 is 10.3 Å². The number of nitrogen functional groups attached to an aromatic ring is 1. The summed E-state index contributed by atoms with van der Waals surface area (Å²) in [6.45, 7) is 1.91. The van der Waals surface area contributed by atoms with Gasteiger partial charge in [0.15, 0.2) is 5.82 Å². The van der Waals surface area contributed by atoms with Crippen molar-refractivity contribution in [3.8, 4) is 10.7 Å². The summed E-state index contributed by atoms with van der Waals surface area (Å²) in [7, 11) is 1.78. The first kappa shape index (κ1) is 13.9. The summed E-state index contributed by atoms with van der Waals surface area (Å²) in [5.41, 5.74) is 7.03. The van der Waals surface area contributed by atoms with Gasteiger partial charge in [0, 0.05) is 7.05 Å². The first-order chi connectivity index (χ1) is 9.77. The van der Waals surface area contributed by atoms with E-state index < -0.39 is 11.7 Å². The highest BCUT2D eigenvalue weighted by atomic mass is 32.1. The van der Waals surface area contributed by atoms with Crippen LogP contribution in [0.2, 0.25) is 0 Å². The van der Waals surface area contributed by atoms with Crippen LogP contribution >= 0.6 is 11.3 Å². The van der Waals surface area contributed by atoms with E-state index in [1.165, 1.54) is 17.4 Å². The predicted molar refractivity (Wildman–Crippen MR) is 78.2 cm³/mol. The summed E-state index contributed by atoms with van der Waals surface area (Å²) in [5.74, 6) is 0.628. The number of benzene rings is 1. The molecule has 2 N–H and O–H groups in total.